The maximum Gasteiger partial charge on any atom is 0.141 e. The fraction of sp³-hybridized carbons (Fsp3) is 0.429. The van der Waals surface area contributed by atoms with Gasteiger partial charge in [0.05, 0.1) is 6.04 Å². The maximum atomic E-state index is 8.31. The maximum absolute atomic E-state index is 8.31. The van der Waals surface area contributed by atoms with Crippen molar-refractivity contribution < 1.29 is 5.21 Å². The molecule has 0 aliphatic heterocycles. The van der Waals surface area contributed by atoms with Crippen LogP contribution in [0, 0.1) is 0 Å². The Balaban J connectivity index is 2.55. The zero-order valence-corrected chi connectivity index (χ0v) is 6.88. The monoisotopic (exact) mass is 168 g/mol. The third kappa shape index (κ3) is 1.98. The van der Waals surface area contributed by atoms with Gasteiger partial charge in [-0.05, 0) is 13.0 Å². The summed E-state index contributed by atoms with van der Waals surface area (Å²) in [5, 5.41) is 15.2. The van der Waals surface area contributed by atoms with Crippen LogP contribution in [0.1, 0.15) is 19.4 Å². The summed E-state index contributed by atoms with van der Waals surface area (Å²) in [5.74, 6) is 0.220. The van der Waals surface area contributed by atoms with Crippen LogP contribution in [0.4, 0.5) is 0 Å². The minimum absolute atomic E-state index is 0.121. The van der Waals surface area contributed by atoms with Crippen molar-refractivity contribution in [2.24, 2.45) is 10.9 Å². The molecule has 0 aromatic carbocycles. The summed E-state index contributed by atoms with van der Waals surface area (Å²) in [5.41, 5.74) is 5.34. The number of amidine groups is 1. The van der Waals surface area contributed by atoms with E-state index in [1.807, 2.05) is 19.2 Å². The Labute approximate surface area is 70.5 Å². The summed E-state index contributed by atoms with van der Waals surface area (Å²) in [4.78, 5) is 0. The minimum Gasteiger partial charge on any atom is -0.409 e. The van der Waals surface area contributed by atoms with E-state index in [2.05, 4.69) is 10.3 Å². The SMILES string of the molecule is C[C@H](C/C(N)=N\O)n1cccn1. The molecule has 1 aromatic rings. The topological polar surface area (TPSA) is 76.4 Å². The first-order valence-electron chi connectivity index (χ1n) is 3.69. The molecule has 1 heterocycles. The van der Waals surface area contributed by atoms with Gasteiger partial charge in [0, 0.05) is 18.8 Å². The smallest absolute Gasteiger partial charge is 0.141 e. The van der Waals surface area contributed by atoms with Crippen molar-refractivity contribution in [3.05, 3.63) is 18.5 Å². The van der Waals surface area contributed by atoms with Gasteiger partial charge in [0.1, 0.15) is 5.84 Å². The zero-order chi connectivity index (χ0) is 8.97. The van der Waals surface area contributed by atoms with Crippen molar-refractivity contribution in [2.45, 2.75) is 19.4 Å². The van der Waals surface area contributed by atoms with Gasteiger partial charge >= 0.3 is 0 Å². The van der Waals surface area contributed by atoms with E-state index in [0.29, 0.717) is 6.42 Å². The molecule has 0 amide bonds. The molecule has 12 heavy (non-hydrogen) atoms. The molecule has 5 heteroatoms. The molecule has 5 nitrogen and oxygen atoms in total. The lowest BCUT2D eigenvalue weighted by atomic mass is 10.2. The van der Waals surface area contributed by atoms with E-state index in [9.17, 15) is 0 Å². The van der Waals surface area contributed by atoms with Gasteiger partial charge < -0.3 is 10.9 Å². The number of nitrogens with two attached hydrogens (primary N) is 1. The minimum atomic E-state index is 0.121. The van der Waals surface area contributed by atoms with Crippen molar-refractivity contribution in [1.29, 1.82) is 0 Å². The number of aromatic nitrogens is 2. The van der Waals surface area contributed by atoms with Gasteiger partial charge in [-0.15, -0.1) is 0 Å². The summed E-state index contributed by atoms with van der Waals surface area (Å²) in [6, 6.07) is 1.96. The summed E-state index contributed by atoms with van der Waals surface area (Å²) in [7, 11) is 0. The molecule has 1 aromatic heterocycles. The second kappa shape index (κ2) is 3.75. The lowest BCUT2D eigenvalue weighted by Gasteiger charge is -2.09. The molecular formula is C7H12N4O. The van der Waals surface area contributed by atoms with E-state index in [1.54, 1.807) is 10.9 Å². The molecule has 0 saturated heterocycles. The van der Waals surface area contributed by atoms with Crippen LogP contribution in [-0.2, 0) is 0 Å². The highest BCUT2D eigenvalue weighted by Crippen LogP contribution is 2.07. The van der Waals surface area contributed by atoms with Gasteiger partial charge in [-0.3, -0.25) is 4.68 Å². The van der Waals surface area contributed by atoms with E-state index in [0.717, 1.165) is 0 Å². The zero-order valence-electron chi connectivity index (χ0n) is 6.88. The highest BCUT2D eigenvalue weighted by molar-refractivity contribution is 5.79. The third-order valence-corrected chi connectivity index (χ3v) is 1.61. The lowest BCUT2D eigenvalue weighted by molar-refractivity contribution is 0.315. The largest absolute Gasteiger partial charge is 0.409 e. The van der Waals surface area contributed by atoms with Crippen molar-refractivity contribution >= 4 is 5.84 Å². The highest BCUT2D eigenvalue weighted by Gasteiger charge is 2.06. The third-order valence-electron chi connectivity index (χ3n) is 1.61. The molecule has 0 fully saturated rings. The molecular weight excluding hydrogens is 156 g/mol. The first-order chi connectivity index (χ1) is 5.74. The fourth-order valence-corrected chi connectivity index (χ4v) is 0.978. The van der Waals surface area contributed by atoms with Crippen LogP contribution < -0.4 is 5.73 Å². The average Bonchev–Trinajstić information content (AvgIpc) is 2.56. The summed E-state index contributed by atoms with van der Waals surface area (Å²) >= 11 is 0. The van der Waals surface area contributed by atoms with Crippen LogP contribution in [0.3, 0.4) is 0 Å². The van der Waals surface area contributed by atoms with E-state index < -0.39 is 0 Å². The van der Waals surface area contributed by atoms with Gasteiger partial charge in [-0.25, -0.2) is 0 Å². The Morgan fingerprint density at radius 3 is 3.08 bits per heavy atom. The van der Waals surface area contributed by atoms with Gasteiger partial charge in [-0.1, -0.05) is 5.16 Å². The molecule has 0 spiro atoms. The Morgan fingerprint density at radius 2 is 2.58 bits per heavy atom. The first-order valence-corrected chi connectivity index (χ1v) is 3.69. The molecule has 0 unspecified atom stereocenters. The summed E-state index contributed by atoms with van der Waals surface area (Å²) < 4.78 is 1.76. The molecule has 0 saturated carbocycles. The number of oxime groups is 1. The van der Waals surface area contributed by atoms with Gasteiger partial charge in [0.2, 0.25) is 0 Å². The quantitative estimate of drug-likeness (QED) is 0.300. The number of nitrogens with zero attached hydrogens (tertiary/aromatic N) is 3. The Hall–Kier alpha value is -1.52. The lowest BCUT2D eigenvalue weighted by Crippen LogP contribution is -2.18. The first kappa shape index (κ1) is 8.58. The molecule has 1 atom stereocenters. The molecule has 0 aliphatic rings. The van der Waals surface area contributed by atoms with Crippen LogP contribution in [0.25, 0.3) is 0 Å². The van der Waals surface area contributed by atoms with E-state index >= 15 is 0 Å². The van der Waals surface area contributed by atoms with Crippen LogP contribution >= 0.6 is 0 Å². The Bertz CT molecular complexity index is 254. The van der Waals surface area contributed by atoms with E-state index in [4.69, 9.17) is 10.9 Å². The van der Waals surface area contributed by atoms with Crippen molar-refractivity contribution in [3.8, 4) is 0 Å². The standard InChI is InChI=1S/C7H12N4O/c1-6(5-7(8)10-12)11-4-2-3-9-11/h2-4,6,12H,5H2,1H3,(H2,8,10)/t6-/m1/s1. The Morgan fingerprint density at radius 1 is 1.83 bits per heavy atom. The van der Waals surface area contributed by atoms with Crippen LogP contribution in [0.5, 0.6) is 0 Å². The fourth-order valence-electron chi connectivity index (χ4n) is 0.978. The predicted molar refractivity (Wildman–Crippen MR) is 45.0 cm³/mol. The number of hydrogen-bond donors (Lipinski definition) is 2. The second-order valence-electron chi connectivity index (χ2n) is 2.63. The van der Waals surface area contributed by atoms with Crippen LogP contribution in [0.2, 0.25) is 0 Å². The van der Waals surface area contributed by atoms with Crippen LogP contribution in [-0.4, -0.2) is 20.8 Å². The summed E-state index contributed by atoms with van der Waals surface area (Å²) in [6.45, 7) is 1.95. The molecule has 0 bridgehead atoms. The molecule has 3 N–H and O–H groups in total. The number of rotatable bonds is 3. The molecule has 66 valence electrons. The van der Waals surface area contributed by atoms with Gasteiger partial charge in [-0.2, -0.15) is 5.10 Å². The van der Waals surface area contributed by atoms with Crippen molar-refractivity contribution in [2.75, 3.05) is 0 Å². The average molecular weight is 168 g/mol. The van der Waals surface area contributed by atoms with Gasteiger partial charge in [0.15, 0.2) is 0 Å². The van der Waals surface area contributed by atoms with Crippen LogP contribution in [0.15, 0.2) is 23.6 Å². The second-order valence-corrected chi connectivity index (χ2v) is 2.63. The van der Waals surface area contributed by atoms with E-state index in [1.165, 1.54) is 0 Å². The molecule has 0 radical (unpaired) electrons. The molecule has 1 rings (SSSR count). The van der Waals surface area contributed by atoms with Crippen molar-refractivity contribution in [3.63, 3.8) is 0 Å². The normalized spacial score (nSPS) is 14.6. The predicted octanol–water partition coefficient (Wildman–Crippen LogP) is 0.581. The van der Waals surface area contributed by atoms with E-state index in [-0.39, 0.29) is 11.9 Å². The highest BCUT2D eigenvalue weighted by atomic mass is 16.4. The summed E-state index contributed by atoms with van der Waals surface area (Å²) in [6.07, 6.45) is 4.04. The van der Waals surface area contributed by atoms with Crippen molar-refractivity contribution in [1.82, 2.24) is 9.78 Å². The van der Waals surface area contributed by atoms with Gasteiger partial charge in [0.25, 0.3) is 0 Å². The molecule has 0 aliphatic carbocycles. The number of hydrogen-bond acceptors (Lipinski definition) is 3. The Kier molecular flexibility index (Phi) is 2.68.